The van der Waals surface area contributed by atoms with Crippen molar-refractivity contribution in [1.82, 2.24) is 0 Å². The van der Waals surface area contributed by atoms with E-state index in [1.807, 2.05) is 6.92 Å². The topological polar surface area (TPSA) is 0 Å². The molecule has 0 aliphatic rings. The Labute approximate surface area is 121 Å². The van der Waals surface area contributed by atoms with Gasteiger partial charge in [-0.3, -0.25) is 0 Å². The van der Waals surface area contributed by atoms with Gasteiger partial charge in [0.2, 0.25) is 0 Å². The van der Waals surface area contributed by atoms with Gasteiger partial charge in [-0.2, -0.15) is 0 Å². The molecule has 0 saturated heterocycles. The third kappa shape index (κ3) is 2.90. The van der Waals surface area contributed by atoms with E-state index in [4.69, 9.17) is 23.2 Å². The van der Waals surface area contributed by atoms with Crippen LogP contribution in [0.5, 0.6) is 0 Å². The van der Waals surface area contributed by atoms with Crippen LogP contribution in [0.1, 0.15) is 27.6 Å². The van der Waals surface area contributed by atoms with Crippen molar-refractivity contribution in [3.05, 3.63) is 69.2 Å². The van der Waals surface area contributed by atoms with Gasteiger partial charge in [0.25, 0.3) is 0 Å². The Kier molecular flexibility index (Phi) is 4.12. The maximum Gasteiger partial charge on any atom is 0.128 e. The molecule has 4 heteroatoms. The van der Waals surface area contributed by atoms with Gasteiger partial charge in [0.05, 0.1) is 5.38 Å². The van der Waals surface area contributed by atoms with E-state index in [1.54, 1.807) is 18.2 Å². The van der Waals surface area contributed by atoms with E-state index in [0.29, 0.717) is 10.6 Å². The highest BCUT2D eigenvalue weighted by Crippen LogP contribution is 2.33. The first-order valence-electron chi connectivity index (χ1n) is 5.76. The molecular weight excluding hydrogens is 289 g/mol. The molecule has 1 unspecified atom stereocenters. The third-order valence-electron chi connectivity index (χ3n) is 3.04. The van der Waals surface area contributed by atoms with Crippen molar-refractivity contribution in [3.8, 4) is 0 Å². The minimum atomic E-state index is -0.770. The van der Waals surface area contributed by atoms with Gasteiger partial charge in [-0.25, -0.2) is 8.78 Å². The van der Waals surface area contributed by atoms with Crippen LogP contribution in [0.15, 0.2) is 30.3 Å². The molecule has 100 valence electrons. The third-order valence-corrected chi connectivity index (χ3v) is 3.93. The second-order valence-corrected chi connectivity index (χ2v) is 5.34. The molecule has 0 radical (unpaired) electrons. The van der Waals surface area contributed by atoms with Gasteiger partial charge in [-0.15, -0.1) is 11.6 Å². The second kappa shape index (κ2) is 5.48. The monoisotopic (exact) mass is 300 g/mol. The summed E-state index contributed by atoms with van der Waals surface area (Å²) >= 11 is 12.2. The van der Waals surface area contributed by atoms with E-state index in [2.05, 4.69) is 0 Å². The van der Waals surface area contributed by atoms with Gasteiger partial charge in [-0.1, -0.05) is 23.7 Å². The first kappa shape index (κ1) is 14.3. The normalized spacial score (nSPS) is 12.5. The lowest BCUT2D eigenvalue weighted by molar-refractivity contribution is 0.580. The van der Waals surface area contributed by atoms with Crippen LogP contribution in [-0.4, -0.2) is 0 Å². The van der Waals surface area contributed by atoms with E-state index < -0.39 is 17.0 Å². The molecule has 0 fully saturated rings. The largest absolute Gasteiger partial charge is 0.207 e. The Morgan fingerprint density at radius 1 is 0.947 bits per heavy atom. The number of aryl methyl sites for hydroxylation is 2. The zero-order chi connectivity index (χ0) is 14.2. The summed E-state index contributed by atoms with van der Waals surface area (Å²) in [5.41, 5.74) is 1.92. The van der Waals surface area contributed by atoms with E-state index in [9.17, 15) is 8.78 Å². The van der Waals surface area contributed by atoms with Crippen molar-refractivity contribution in [2.24, 2.45) is 0 Å². The van der Waals surface area contributed by atoms with E-state index >= 15 is 0 Å². The van der Waals surface area contributed by atoms with Gasteiger partial charge in [0.1, 0.15) is 11.6 Å². The lowest BCUT2D eigenvalue weighted by Gasteiger charge is -2.13. The number of hydrogen-bond donors (Lipinski definition) is 0. The predicted molar refractivity (Wildman–Crippen MR) is 75.0 cm³/mol. The molecule has 0 N–H and O–H groups in total. The SMILES string of the molecule is Cc1cc(F)c(C(Cl)c2ccc(C)c(Cl)c2)cc1F. The van der Waals surface area contributed by atoms with Crippen LogP contribution in [0.25, 0.3) is 0 Å². The zero-order valence-corrected chi connectivity index (χ0v) is 12.0. The summed E-state index contributed by atoms with van der Waals surface area (Å²) in [5, 5.41) is -0.218. The van der Waals surface area contributed by atoms with E-state index in [1.165, 1.54) is 6.92 Å². The van der Waals surface area contributed by atoms with Crippen molar-refractivity contribution < 1.29 is 8.78 Å². The summed E-state index contributed by atoms with van der Waals surface area (Å²) in [5.74, 6) is -0.990. The Bertz CT molecular complexity index is 624. The zero-order valence-electron chi connectivity index (χ0n) is 10.5. The minimum Gasteiger partial charge on any atom is -0.207 e. The molecule has 2 rings (SSSR count). The summed E-state index contributed by atoms with van der Waals surface area (Å²) in [6.07, 6.45) is 0. The average molecular weight is 301 g/mol. The molecule has 0 aromatic heterocycles. The number of benzene rings is 2. The molecule has 19 heavy (non-hydrogen) atoms. The van der Waals surface area contributed by atoms with Crippen LogP contribution in [0.3, 0.4) is 0 Å². The van der Waals surface area contributed by atoms with Gasteiger partial charge in [0.15, 0.2) is 0 Å². The van der Waals surface area contributed by atoms with E-state index in [0.717, 1.165) is 17.7 Å². The molecule has 0 amide bonds. The van der Waals surface area contributed by atoms with Gasteiger partial charge in [-0.05, 0) is 48.7 Å². The first-order chi connectivity index (χ1) is 8.90. The Morgan fingerprint density at radius 3 is 2.26 bits per heavy atom. The van der Waals surface area contributed by atoms with Crippen LogP contribution in [0, 0.1) is 25.5 Å². The van der Waals surface area contributed by atoms with Crippen LogP contribution in [-0.2, 0) is 0 Å². The summed E-state index contributed by atoms with van der Waals surface area (Å²) in [6, 6.07) is 7.52. The summed E-state index contributed by atoms with van der Waals surface area (Å²) in [4.78, 5) is 0. The molecule has 1 atom stereocenters. The number of hydrogen-bond acceptors (Lipinski definition) is 0. The maximum atomic E-state index is 13.9. The molecule has 0 saturated carbocycles. The lowest BCUT2D eigenvalue weighted by Crippen LogP contribution is -2.00. The molecule has 0 nitrogen and oxygen atoms in total. The number of alkyl halides is 1. The summed E-state index contributed by atoms with van der Waals surface area (Å²) in [6.45, 7) is 3.37. The molecule has 2 aromatic rings. The number of rotatable bonds is 2. The van der Waals surface area contributed by atoms with E-state index in [-0.39, 0.29) is 11.1 Å². The lowest BCUT2D eigenvalue weighted by atomic mass is 10.0. The van der Waals surface area contributed by atoms with Crippen molar-refractivity contribution in [1.29, 1.82) is 0 Å². The smallest absolute Gasteiger partial charge is 0.128 e. The second-order valence-electron chi connectivity index (χ2n) is 4.49. The fraction of sp³-hybridized carbons (Fsp3) is 0.200. The maximum absolute atomic E-state index is 13.9. The summed E-state index contributed by atoms with van der Waals surface area (Å²) in [7, 11) is 0. The minimum absolute atomic E-state index is 0.115. The van der Waals surface area contributed by atoms with Crippen molar-refractivity contribution in [3.63, 3.8) is 0 Å². The van der Waals surface area contributed by atoms with Crippen LogP contribution < -0.4 is 0 Å². The van der Waals surface area contributed by atoms with Crippen molar-refractivity contribution >= 4 is 23.2 Å². The summed E-state index contributed by atoms with van der Waals surface area (Å²) < 4.78 is 27.4. The van der Waals surface area contributed by atoms with Gasteiger partial charge in [0, 0.05) is 10.6 Å². The highest BCUT2D eigenvalue weighted by atomic mass is 35.5. The molecule has 0 aliphatic carbocycles. The van der Waals surface area contributed by atoms with Crippen molar-refractivity contribution in [2.45, 2.75) is 19.2 Å². The van der Waals surface area contributed by atoms with Gasteiger partial charge >= 0.3 is 0 Å². The standard InChI is InChI=1S/C15H12Cl2F2/c1-8-3-4-10(6-12(8)16)15(17)11-7-13(18)9(2)5-14(11)19/h3-7,15H,1-2H3. The van der Waals surface area contributed by atoms with Crippen LogP contribution in [0.4, 0.5) is 8.78 Å². The molecule has 0 spiro atoms. The Balaban J connectivity index is 2.46. The Hall–Kier alpha value is -1.12. The molecular formula is C15H12Cl2F2. The average Bonchev–Trinajstić information content (AvgIpc) is 2.36. The van der Waals surface area contributed by atoms with Gasteiger partial charge < -0.3 is 0 Å². The fourth-order valence-electron chi connectivity index (χ4n) is 1.80. The highest BCUT2D eigenvalue weighted by Gasteiger charge is 2.18. The van der Waals surface area contributed by atoms with Crippen LogP contribution >= 0.6 is 23.2 Å². The predicted octanol–water partition coefficient (Wildman–Crippen LogP) is 5.56. The van der Waals surface area contributed by atoms with Crippen molar-refractivity contribution in [2.75, 3.05) is 0 Å². The number of halogens is 4. The molecule has 0 bridgehead atoms. The molecule has 0 aliphatic heterocycles. The van der Waals surface area contributed by atoms with Crippen LogP contribution in [0.2, 0.25) is 5.02 Å². The molecule has 0 heterocycles. The highest BCUT2D eigenvalue weighted by molar-refractivity contribution is 6.31. The quantitative estimate of drug-likeness (QED) is 0.637. The fourth-order valence-corrected chi connectivity index (χ4v) is 2.29. The molecule has 2 aromatic carbocycles. The first-order valence-corrected chi connectivity index (χ1v) is 6.57. The Morgan fingerprint density at radius 2 is 1.63 bits per heavy atom.